The summed E-state index contributed by atoms with van der Waals surface area (Å²) in [5.41, 5.74) is -0.100. The van der Waals surface area contributed by atoms with Gasteiger partial charge in [-0.25, -0.2) is 9.59 Å². The van der Waals surface area contributed by atoms with Gasteiger partial charge in [-0.2, -0.15) is 0 Å². The highest BCUT2D eigenvalue weighted by molar-refractivity contribution is 6.30. The van der Waals surface area contributed by atoms with Gasteiger partial charge in [-0.05, 0) is 51.9 Å². The van der Waals surface area contributed by atoms with Crippen LogP contribution in [0.15, 0.2) is 24.3 Å². The molecule has 0 saturated heterocycles. The molecule has 0 unspecified atom stereocenters. The largest absolute Gasteiger partial charge is 0.507 e. The molecule has 0 aliphatic carbocycles. The number of nitrogens with one attached hydrogen (secondary N) is 2. The Morgan fingerprint density at radius 2 is 2.04 bits per heavy atom. The van der Waals surface area contributed by atoms with Crippen LogP contribution in [-0.2, 0) is 9.53 Å². The molecule has 0 aromatic heterocycles. The molecule has 7 nitrogen and oxygen atoms in total. The lowest BCUT2D eigenvalue weighted by Crippen LogP contribution is -2.44. The summed E-state index contributed by atoms with van der Waals surface area (Å²) in [4.78, 5) is 22.9. The topological polar surface area (TPSA) is 108 Å². The second kappa shape index (κ2) is 10.0. The SMILES string of the molecule is CC(C)(C)OC(=O)N[C@@H](CCNC/C=C/c1cc(Cl)ccc1O)C(=O)O. The Hall–Kier alpha value is -2.25. The van der Waals surface area contributed by atoms with Gasteiger partial charge in [-0.3, -0.25) is 0 Å². The van der Waals surface area contributed by atoms with Crippen molar-refractivity contribution in [3.05, 3.63) is 34.9 Å². The lowest BCUT2D eigenvalue weighted by Gasteiger charge is -2.22. The van der Waals surface area contributed by atoms with E-state index in [9.17, 15) is 19.8 Å². The third-order valence-corrected chi connectivity index (χ3v) is 3.38. The van der Waals surface area contributed by atoms with Crippen LogP contribution in [0.2, 0.25) is 5.02 Å². The Bertz CT molecular complexity index is 655. The zero-order valence-corrected chi connectivity index (χ0v) is 15.8. The van der Waals surface area contributed by atoms with Gasteiger partial charge in [0, 0.05) is 17.1 Å². The third-order valence-electron chi connectivity index (χ3n) is 3.15. The van der Waals surface area contributed by atoms with Gasteiger partial charge >= 0.3 is 12.1 Å². The van der Waals surface area contributed by atoms with E-state index in [1.165, 1.54) is 6.07 Å². The van der Waals surface area contributed by atoms with Gasteiger partial charge in [0.15, 0.2) is 0 Å². The molecule has 0 fully saturated rings. The van der Waals surface area contributed by atoms with E-state index in [1.807, 2.05) is 0 Å². The lowest BCUT2D eigenvalue weighted by molar-refractivity contribution is -0.139. The predicted octanol–water partition coefficient (Wildman–Crippen LogP) is 3.02. The number of phenolic OH excluding ortho intramolecular Hbond substituents is 1. The van der Waals surface area contributed by atoms with E-state index < -0.39 is 23.7 Å². The molecule has 0 aliphatic rings. The monoisotopic (exact) mass is 384 g/mol. The standard InChI is InChI=1S/C18H25ClN2O5/c1-18(2,3)26-17(25)21-14(16(23)24)8-10-20-9-4-5-12-11-13(19)6-7-15(12)22/h4-7,11,14,20,22H,8-10H2,1-3H3,(H,21,25)(H,23,24)/b5-4+/t14-/m0/s1. The zero-order valence-electron chi connectivity index (χ0n) is 15.1. The summed E-state index contributed by atoms with van der Waals surface area (Å²) in [5, 5.41) is 24.8. The fourth-order valence-electron chi connectivity index (χ4n) is 1.98. The van der Waals surface area contributed by atoms with Crippen molar-refractivity contribution in [2.75, 3.05) is 13.1 Å². The maximum Gasteiger partial charge on any atom is 0.408 e. The third kappa shape index (κ3) is 8.73. The highest BCUT2D eigenvalue weighted by Crippen LogP contribution is 2.22. The first-order chi connectivity index (χ1) is 12.1. The number of hydrogen-bond donors (Lipinski definition) is 4. The van der Waals surface area contributed by atoms with Gasteiger partial charge in [0.1, 0.15) is 17.4 Å². The molecule has 1 atom stereocenters. The summed E-state index contributed by atoms with van der Waals surface area (Å²) in [6, 6.07) is 3.70. The second-order valence-electron chi connectivity index (χ2n) is 6.64. The number of carboxylic acid groups (broad SMARTS) is 1. The minimum Gasteiger partial charge on any atom is -0.507 e. The number of hydrogen-bond acceptors (Lipinski definition) is 5. The molecule has 1 rings (SSSR count). The number of benzene rings is 1. The van der Waals surface area contributed by atoms with Gasteiger partial charge in [-0.1, -0.05) is 23.8 Å². The van der Waals surface area contributed by atoms with Crippen LogP contribution in [-0.4, -0.2) is 47.0 Å². The molecular weight excluding hydrogens is 360 g/mol. The molecule has 0 aliphatic heterocycles. The normalized spacial score (nSPS) is 12.8. The molecule has 0 radical (unpaired) electrons. The molecule has 8 heteroatoms. The molecule has 1 amide bonds. The van der Waals surface area contributed by atoms with Gasteiger partial charge in [0.2, 0.25) is 0 Å². The number of carboxylic acids is 1. The number of phenols is 1. The van der Waals surface area contributed by atoms with Crippen molar-refractivity contribution in [2.24, 2.45) is 0 Å². The Morgan fingerprint density at radius 1 is 1.35 bits per heavy atom. The fraction of sp³-hybridized carbons (Fsp3) is 0.444. The lowest BCUT2D eigenvalue weighted by atomic mass is 10.2. The zero-order chi connectivity index (χ0) is 19.7. The van der Waals surface area contributed by atoms with Gasteiger partial charge in [-0.15, -0.1) is 0 Å². The number of halogens is 1. The molecule has 1 aromatic rings. The molecular formula is C18H25ClN2O5. The Morgan fingerprint density at radius 3 is 2.65 bits per heavy atom. The van der Waals surface area contributed by atoms with Gasteiger partial charge in [0.25, 0.3) is 0 Å². The van der Waals surface area contributed by atoms with Crippen LogP contribution in [0, 0.1) is 0 Å². The predicted molar refractivity (Wildman–Crippen MR) is 100 cm³/mol. The maximum absolute atomic E-state index is 11.7. The van der Waals surface area contributed by atoms with Crippen molar-refractivity contribution in [3.63, 3.8) is 0 Å². The fourth-order valence-corrected chi connectivity index (χ4v) is 2.16. The first-order valence-electron chi connectivity index (χ1n) is 8.16. The highest BCUT2D eigenvalue weighted by Gasteiger charge is 2.23. The molecule has 0 saturated carbocycles. The van der Waals surface area contributed by atoms with Gasteiger partial charge < -0.3 is 25.6 Å². The van der Waals surface area contributed by atoms with Crippen molar-refractivity contribution >= 4 is 29.7 Å². The second-order valence-corrected chi connectivity index (χ2v) is 7.07. The molecule has 0 spiro atoms. The quantitative estimate of drug-likeness (QED) is 0.513. The molecule has 0 heterocycles. The van der Waals surface area contributed by atoms with E-state index >= 15 is 0 Å². The van der Waals surface area contributed by atoms with Crippen LogP contribution in [0.3, 0.4) is 0 Å². The Kier molecular flexibility index (Phi) is 8.41. The van der Waals surface area contributed by atoms with Crippen LogP contribution in [0.25, 0.3) is 6.08 Å². The Labute approximate surface area is 158 Å². The van der Waals surface area contributed by atoms with E-state index in [1.54, 1.807) is 45.1 Å². The van der Waals surface area contributed by atoms with Crippen LogP contribution < -0.4 is 10.6 Å². The maximum atomic E-state index is 11.7. The molecule has 1 aromatic carbocycles. The molecule has 144 valence electrons. The van der Waals surface area contributed by atoms with Crippen molar-refractivity contribution in [2.45, 2.75) is 38.8 Å². The summed E-state index contributed by atoms with van der Waals surface area (Å²) >= 11 is 5.86. The van der Waals surface area contributed by atoms with Crippen molar-refractivity contribution in [1.82, 2.24) is 10.6 Å². The summed E-state index contributed by atoms with van der Waals surface area (Å²) in [7, 11) is 0. The van der Waals surface area contributed by atoms with Crippen LogP contribution in [0.1, 0.15) is 32.8 Å². The minimum atomic E-state index is -1.13. The number of carbonyl (C=O) groups is 2. The number of ether oxygens (including phenoxy) is 1. The summed E-state index contributed by atoms with van der Waals surface area (Å²) in [6.45, 7) is 5.94. The number of aromatic hydroxyl groups is 1. The van der Waals surface area contributed by atoms with E-state index in [0.717, 1.165) is 0 Å². The Balaban J connectivity index is 2.39. The summed E-state index contributed by atoms with van der Waals surface area (Å²) in [6.07, 6.45) is 2.93. The number of amides is 1. The molecule has 4 N–H and O–H groups in total. The van der Waals surface area contributed by atoms with Crippen molar-refractivity contribution in [3.8, 4) is 5.75 Å². The minimum absolute atomic E-state index is 0.123. The van der Waals surface area contributed by atoms with E-state index in [2.05, 4.69) is 10.6 Å². The average molecular weight is 385 g/mol. The number of aliphatic carboxylic acids is 1. The van der Waals surface area contributed by atoms with E-state index in [-0.39, 0.29) is 12.2 Å². The van der Waals surface area contributed by atoms with E-state index in [4.69, 9.17) is 16.3 Å². The van der Waals surface area contributed by atoms with Crippen LogP contribution in [0.5, 0.6) is 5.75 Å². The number of alkyl carbamates (subject to hydrolysis) is 1. The summed E-state index contributed by atoms with van der Waals surface area (Å²) < 4.78 is 5.05. The van der Waals surface area contributed by atoms with Crippen molar-refractivity contribution < 1.29 is 24.5 Å². The van der Waals surface area contributed by atoms with Crippen LogP contribution >= 0.6 is 11.6 Å². The van der Waals surface area contributed by atoms with Crippen LogP contribution in [0.4, 0.5) is 4.79 Å². The van der Waals surface area contributed by atoms with Crippen molar-refractivity contribution in [1.29, 1.82) is 0 Å². The highest BCUT2D eigenvalue weighted by atomic mass is 35.5. The smallest absolute Gasteiger partial charge is 0.408 e. The number of carbonyl (C=O) groups excluding carboxylic acids is 1. The first kappa shape index (κ1) is 21.8. The number of rotatable bonds is 8. The molecule has 26 heavy (non-hydrogen) atoms. The summed E-state index contributed by atoms with van der Waals surface area (Å²) in [5.74, 6) is -1.00. The van der Waals surface area contributed by atoms with E-state index in [0.29, 0.717) is 23.7 Å². The average Bonchev–Trinajstić information content (AvgIpc) is 2.50. The molecule has 0 bridgehead atoms. The first-order valence-corrected chi connectivity index (χ1v) is 8.54. The van der Waals surface area contributed by atoms with Gasteiger partial charge in [0.05, 0.1) is 0 Å².